The summed E-state index contributed by atoms with van der Waals surface area (Å²) in [5.41, 5.74) is 2.67. The number of carbonyl (C=O) groups excluding carboxylic acids is 2. The van der Waals surface area contributed by atoms with Crippen molar-refractivity contribution in [2.45, 2.75) is 19.8 Å². The SMILES string of the molecule is Cc1cccc(C(=O)N2CCN(CCCC(=O)c3ccccc3)CC2)c1. The van der Waals surface area contributed by atoms with Gasteiger partial charge >= 0.3 is 0 Å². The number of aryl methyl sites for hydroxylation is 1. The van der Waals surface area contributed by atoms with Crippen LogP contribution >= 0.6 is 0 Å². The number of amides is 1. The third-order valence-electron chi connectivity index (χ3n) is 4.90. The lowest BCUT2D eigenvalue weighted by Gasteiger charge is -2.34. The van der Waals surface area contributed by atoms with Gasteiger partial charge in [0.15, 0.2) is 5.78 Å². The predicted octanol–water partition coefficient (Wildman–Crippen LogP) is 3.42. The smallest absolute Gasteiger partial charge is 0.253 e. The molecule has 0 atom stereocenters. The van der Waals surface area contributed by atoms with Gasteiger partial charge in [0, 0.05) is 43.7 Å². The molecule has 0 unspecified atom stereocenters. The molecule has 136 valence electrons. The predicted molar refractivity (Wildman–Crippen MR) is 104 cm³/mol. The van der Waals surface area contributed by atoms with Crippen LogP contribution in [0.3, 0.4) is 0 Å². The van der Waals surface area contributed by atoms with Crippen molar-refractivity contribution < 1.29 is 9.59 Å². The first kappa shape index (κ1) is 18.3. The molecule has 1 heterocycles. The largest absolute Gasteiger partial charge is 0.336 e. The van der Waals surface area contributed by atoms with E-state index in [1.54, 1.807) is 0 Å². The Hall–Kier alpha value is -2.46. The van der Waals surface area contributed by atoms with Crippen molar-refractivity contribution in [1.29, 1.82) is 0 Å². The van der Waals surface area contributed by atoms with Crippen LogP contribution in [0.1, 0.15) is 39.1 Å². The Balaban J connectivity index is 1.41. The topological polar surface area (TPSA) is 40.6 Å². The van der Waals surface area contributed by atoms with Crippen molar-refractivity contribution in [3.05, 3.63) is 71.3 Å². The molecule has 1 fully saturated rings. The van der Waals surface area contributed by atoms with Gasteiger partial charge < -0.3 is 4.90 Å². The van der Waals surface area contributed by atoms with E-state index in [1.807, 2.05) is 66.4 Å². The van der Waals surface area contributed by atoms with Gasteiger partial charge in [-0.1, -0.05) is 48.0 Å². The summed E-state index contributed by atoms with van der Waals surface area (Å²) < 4.78 is 0. The van der Waals surface area contributed by atoms with Crippen LogP contribution in [0.25, 0.3) is 0 Å². The van der Waals surface area contributed by atoms with Crippen molar-refractivity contribution in [3.8, 4) is 0 Å². The molecule has 4 heteroatoms. The molecule has 0 bridgehead atoms. The third-order valence-corrected chi connectivity index (χ3v) is 4.90. The van der Waals surface area contributed by atoms with Crippen LogP contribution in [0.5, 0.6) is 0 Å². The van der Waals surface area contributed by atoms with Gasteiger partial charge in [-0.15, -0.1) is 0 Å². The molecule has 1 aliphatic rings. The molecule has 0 spiro atoms. The van der Waals surface area contributed by atoms with Crippen LogP contribution in [0.4, 0.5) is 0 Å². The summed E-state index contributed by atoms with van der Waals surface area (Å²) in [4.78, 5) is 29.0. The zero-order valence-corrected chi connectivity index (χ0v) is 15.4. The monoisotopic (exact) mass is 350 g/mol. The Morgan fingerprint density at radius 2 is 1.58 bits per heavy atom. The van der Waals surface area contributed by atoms with E-state index in [1.165, 1.54) is 0 Å². The van der Waals surface area contributed by atoms with Gasteiger partial charge in [-0.3, -0.25) is 14.5 Å². The van der Waals surface area contributed by atoms with Crippen molar-refractivity contribution >= 4 is 11.7 Å². The molecule has 26 heavy (non-hydrogen) atoms. The highest BCUT2D eigenvalue weighted by Crippen LogP contribution is 2.12. The molecule has 1 aliphatic heterocycles. The van der Waals surface area contributed by atoms with E-state index < -0.39 is 0 Å². The fraction of sp³-hybridized carbons (Fsp3) is 0.364. The lowest BCUT2D eigenvalue weighted by Crippen LogP contribution is -2.48. The van der Waals surface area contributed by atoms with E-state index in [0.717, 1.165) is 55.8 Å². The van der Waals surface area contributed by atoms with Crippen LogP contribution in [0, 0.1) is 6.92 Å². The molecular formula is C22H26N2O2. The second-order valence-corrected chi connectivity index (χ2v) is 6.90. The summed E-state index contributed by atoms with van der Waals surface area (Å²) in [7, 11) is 0. The van der Waals surface area contributed by atoms with Gasteiger partial charge in [-0.2, -0.15) is 0 Å². The summed E-state index contributed by atoms with van der Waals surface area (Å²) in [6, 6.07) is 17.2. The first-order valence-corrected chi connectivity index (χ1v) is 9.30. The van der Waals surface area contributed by atoms with Crippen molar-refractivity contribution in [1.82, 2.24) is 9.80 Å². The molecule has 1 amide bonds. The van der Waals surface area contributed by atoms with Crippen LogP contribution in [-0.2, 0) is 0 Å². The van der Waals surface area contributed by atoms with Crippen molar-refractivity contribution in [2.75, 3.05) is 32.7 Å². The minimum absolute atomic E-state index is 0.118. The summed E-state index contributed by atoms with van der Waals surface area (Å²) in [6.07, 6.45) is 1.44. The minimum Gasteiger partial charge on any atom is -0.336 e. The highest BCUT2D eigenvalue weighted by atomic mass is 16.2. The van der Waals surface area contributed by atoms with E-state index in [9.17, 15) is 9.59 Å². The zero-order chi connectivity index (χ0) is 18.4. The Labute approximate surface area is 155 Å². The summed E-state index contributed by atoms with van der Waals surface area (Å²) in [5.74, 6) is 0.325. The first-order chi connectivity index (χ1) is 12.6. The maximum absolute atomic E-state index is 12.6. The zero-order valence-electron chi connectivity index (χ0n) is 15.4. The molecule has 0 N–H and O–H groups in total. The van der Waals surface area contributed by atoms with Crippen molar-refractivity contribution in [3.63, 3.8) is 0 Å². The van der Waals surface area contributed by atoms with Gasteiger partial charge in [0.1, 0.15) is 0 Å². The normalized spacial score (nSPS) is 15.0. The molecule has 2 aromatic rings. The van der Waals surface area contributed by atoms with Crippen molar-refractivity contribution in [2.24, 2.45) is 0 Å². The number of piperazine rings is 1. The van der Waals surface area contributed by atoms with E-state index in [4.69, 9.17) is 0 Å². The molecule has 4 nitrogen and oxygen atoms in total. The number of rotatable bonds is 6. The Bertz CT molecular complexity index is 750. The van der Waals surface area contributed by atoms with E-state index in [-0.39, 0.29) is 11.7 Å². The fourth-order valence-electron chi connectivity index (χ4n) is 3.37. The second kappa shape index (κ2) is 8.77. The quantitative estimate of drug-likeness (QED) is 0.750. The van der Waals surface area contributed by atoms with E-state index in [0.29, 0.717) is 6.42 Å². The molecule has 1 saturated heterocycles. The second-order valence-electron chi connectivity index (χ2n) is 6.90. The average Bonchev–Trinajstić information content (AvgIpc) is 2.68. The summed E-state index contributed by atoms with van der Waals surface area (Å²) in [6.45, 7) is 6.16. The van der Waals surface area contributed by atoms with Crippen LogP contribution < -0.4 is 0 Å². The van der Waals surface area contributed by atoms with E-state index >= 15 is 0 Å². The molecule has 2 aromatic carbocycles. The number of nitrogens with zero attached hydrogens (tertiary/aromatic N) is 2. The molecule has 0 aromatic heterocycles. The summed E-state index contributed by atoms with van der Waals surface area (Å²) in [5, 5.41) is 0. The number of hydrogen-bond donors (Lipinski definition) is 0. The molecular weight excluding hydrogens is 324 g/mol. The highest BCUT2D eigenvalue weighted by molar-refractivity contribution is 5.96. The van der Waals surface area contributed by atoms with Gasteiger partial charge in [-0.25, -0.2) is 0 Å². The van der Waals surface area contributed by atoms with Crippen LogP contribution in [-0.4, -0.2) is 54.2 Å². The molecule has 0 radical (unpaired) electrons. The van der Waals surface area contributed by atoms with Gasteiger partial charge in [0.25, 0.3) is 5.91 Å². The Kier molecular flexibility index (Phi) is 6.18. The average molecular weight is 350 g/mol. The fourth-order valence-corrected chi connectivity index (χ4v) is 3.37. The first-order valence-electron chi connectivity index (χ1n) is 9.30. The number of hydrogen-bond acceptors (Lipinski definition) is 3. The Morgan fingerprint density at radius 1 is 0.885 bits per heavy atom. The minimum atomic E-state index is 0.118. The lowest BCUT2D eigenvalue weighted by molar-refractivity contribution is 0.0635. The summed E-state index contributed by atoms with van der Waals surface area (Å²) >= 11 is 0. The number of carbonyl (C=O) groups is 2. The maximum atomic E-state index is 12.6. The van der Waals surface area contributed by atoms with Gasteiger partial charge in [-0.05, 0) is 32.0 Å². The molecule has 0 saturated carbocycles. The molecule has 0 aliphatic carbocycles. The van der Waals surface area contributed by atoms with Crippen LogP contribution in [0.2, 0.25) is 0 Å². The number of Topliss-reactive ketones (excluding diaryl/α,β-unsaturated/α-hetero) is 1. The molecule has 3 rings (SSSR count). The number of ketones is 1. The Morgan fingerprint density at radius 3 is 2.27 bits per heavy atom. The standard InChI is InChI=1S/C22H26N2O2/c1-18-7-5-10-20(17-18)22(26)24-15-13-23(14-16-24)12-6-11-21(25)19-8-3-2-4-9-19/h2-5,7-10,17H,6,11-16H2,1H3. The van der Waals surface area contributed by atoms with Gasteiger partial charge in [0.05, 0.1) is 0 Å². The third kappa shape index (κ3) is 4.79. The lowest BCUT2D eigenvalue weighted by atomic mass is 10.1. The maximum Gasteiger partial charge on any atom is 0.253 e. The van der Waals surface area contributed by atoms with E-state index in [2.05, 4.69) is 4.90 Å². The van der Waals surface area contributed by atoms with Gasteiger partial charge in [0.2, 0.25) is 0 Å². The number of benzene rings is 2. The highest BCUT2D eigenvalue weighted by Gasteiger charge is 2.22. The van der Waals surface area contributed by atoms with Crippen LogP contribution in [0.15, 0.2) is 54.6 Å².